The molecule has 1 aliphatic carbocycles. The standard InChI is InChI=1S/C28H30N6O2/c1-16(28(29)35)34-12-11-19(15-34)22-10-9-18(14-30-22)25-27-23(32-33-25)13-24(36-2)26(31-27)21-8-4-6-17-5-3-7-20(17)21/h4,6,8-10,13-14,16,19H,3,5,7,11-12,15H2,1-2H3,(H2,29,35)(H,32,33). The summed E-state index contributed by atoms with van der Waals surface area (Å²) < 4.78 is 5.74. The van der Waals surface area contributed by atoms with E-state index in [4.69, 9.17) is 20.4 Å². The highest BCUT2D eigenvalue weighted by Gasteiger charge is 2.30. The monoisotopic (exact) mass is 482 g/mol. The van der Waals surface area contributed by atoms with Gasteiger partial charge in [0.15, 0.2) is 0 Å². The van der Waals surface area contributed by atoms with Crippen LogP contribution in [0.4, 0.5) is 0 Å². The van der Waals surface area contributed by atoms with Crippen LogP contribution >= 0.6 is 0 Å². The fourth-order valence-electron chi connectivity index (χ4n) is 5.67. The average Bonchev–Trinajstić information content (AvgIpc) is 3.66. The Labute approximate surface area is 209 Å². The van der Waals surface area contributed by atoms with E-state index in [-0.39, 0.29) is 17.9 Å². The minimum atomic E-state index is -0.284. The number of carbonyl (C=O) groups excluding carboxylic acids is 1. The molecular weight excluding hydrogens is 452 g/mol. The number of fused-ring (bicyclic) bond motifs is 2. The van der Waals surface area contributed by atoms with Gasteiger partial charge < -0.3 is 10.5 Å². The molecule has 3 aromatic heterocycles. The van der Waals surface area contributed by atoms with Gasteiger partial charge in [-0.15, -0.1) is 0 Å². The molecule has 8 nitrogen and oxygen atoms in total. The van der Waals surface area contributed by atoms with Crippen molar-refractivity contribution in [2.75, 3.05) is 20.2 Å². The highest BCUT2D eigenvalue weighted by Crippen LogP contribution is 2.39. The van der Waals surface area contributed by atoms with Crippen LogP contribution in [0.1, 0.15) is 42.5 Å². The highest BCUT2D eigenvalue weighted by molar-refractivity contribution is 5.93. The van der Waals surface area contributed by atoms with E-state index >= 15 is 0 Å². The van der Waals surface area contributed by atoms with E-state index in [1.165, 1.54) is 17.5 Å². The van der Waals surface area contributed by atoms with Crippen LogP contribution in [-0.2, 0) is 17.6 Å². The number of aromatic nitrogens is 4. The van der Waals surface area contributed by atoms with Crippen LogP contribution in [0.25, 0.3) is 33.5 Å². The normalized spacial score (nSPS) is 18.4. The van der Waals surface area contributed by atoms with Crippen molar-refractivity contribution in [1.82, 2.24) is 25.1 Å². The van der Waals surface area contributed by atoms with Crippen molar-refractivity contribution in [3.8, 4) is 28.3 Å². The molecular formula is C28H30N6O2. The van der Waals surface area contributed by atoms with Gasteiger partial charge in [-0.1, -0.05) is 18.2 Å². The molecule has 2 unspecified atom stereocenters. The Morgan fingerprint density at radius 1 is 1.22 bits per heavy atom. The first kappa shape index (κ1) is 22.7. The minimum Gasteiger partial charge on any atom is -0.494 e. The summed E-state index contributed by atoms with van der Waals surface area (Å²) in [6, 6.07) is 12.3. The first-order valence-electron chi connectivity index (χ1n) is 12.6. The van der Waals surface area contributed by atoms with Gasteiger partial charge in [0.1, 0.15) is 22.7 Å². The summed E-state index contributed by atoms with van der Waals surface area (Å²) in [5.74, 6) is 0.738. The van der Waals surface area contributed by atoms with E-state index in [0.29, 0.717) is 0 Å². The van der Waals surface area contributed by atoms with Gasteiger partial charge in [0.2, 0.25) is 5.91 Å². The summed E-state index contributed by atoms with van der Waals surface area (Å²) in [5, 5.41) is 7.71. The molecule has 36 heavy (non-hydrogen) atoms. The fourth-order valence-corrected chi connectivity index (χ4v) is 5.67. The van der Waals surface area contributed by atoms with Gasteiger partial charge in [-0.05, 0) is 62.4 Å². The molecule has 0 spiro atoms. The van der Waals surface area contributed by atoms with Crippen LogP contribution < -0.4 is 10.5 Å². The van der Waals surface area contributed by atoms with Crippen molar-refractivity contribution in [3.63, 3.8) is 0 Å². The molecule has 184 valence electrons. The van der Waals surface area contributed by atoms with Gasteiger partial charge in [-0.2, -0.15) is 5.10 Å². The lowest BCUT2D eigenvalue weighted by Crippen LogP contribution is -2.41. The number of pyridine rings is 2. The number of aromatic amines is 1. The number of nitrogens with zero attached hydrogens (tertiary/aromatic N) is 4. The number of H-pyrrole nitrogens is 1. The van der Waals surface area contributed by atoms with Crippen molar-refractivity contribution in [3.05, 3.63) is 59.4 Å². The molecule has 8 heteroatoms. The topological polar surface area (TPSA) is 110 Å². The van der Waals surface area contributed by atoms with Crippen molar-refractivity contribution >= 4 is 16.9 Å². The molecule has 2 atom stereocenters. The minimum absolute atomic E-state index is 0.257. The maximum absolute atomic E-state index is 11.6. The summed E-state index contributed by atoms with van der Waals surface area (Å²) in [4.78, 5) is 23.5. The molecule has 3 N–H and O–H groups in total. The molecule has 1 aromatic carbocycles. The number of rotatable bonds is 6. The second-order valence-corrected chi connectivity index (χ2v) is 9.84. The Hall–Kier alpha value is -3.78. The summed E-state index contributed by atoms with van der Waals surface area (Å²) in [5.41, 5.74) is 14.6. The van der Waals surface area contributed by atoms with Gasteiger partial charge in [0.25, 0.3) is 0 Å². The number of carbonyl (C=O) groups is 1. The number of primary amides is 1. The summed E-state index contributed by atoms with van der Waals surface area (Å²) in [6.45, 7) is 3.50. The SMILES string of the molecule is COc1cc2[nH]nc(-c3ccc(C4CCN(C(C)C(N)=O)C4)nc3)c2nc1-c1cccc2c1CCC2. The number of benzene rings is 1. The zero-order valence-electron chi connectivity index (χ0n) is 20.6. The van der Waals surface area contributed by atoms with Gasteiger partial charge in [-0.25, -0.2) is 4.98 Å². The van der Waals surface area contributed by atoms with Crippen molar-refractivity contribution in [1.29, 1.82) is 0 Å². The molecule has 0 saturated carbocycles. The Kier molecular flexibility index (Phi) is 5.68. The molecule has 1 fully saturated rings. The zero-order valence-corrected chi connectivity index (χ0v) is 20.6. The number of hydrogen-bond donors (Lipinski definition) is 2. The molecule has 1 amide bonds. The molecule has 4 heterocycles. The van der Waals surface area contributed by atoms with Crippen LogP contribution in [0.15, 0.2) is 42.6 Å². The maximum Gasteiger partial charge on any atom is 0.234 e. The second-order valence-electron chi connectivity index (χ2n) is 9.84. The third kappa shape index (κ3) is 3.82. The average molecular weight is 483 g/mol. The van der Waals surface area contributed by atoms with Gasteiger partial charge in [0, 0.05) is 41.5 Å². The number of likely N-dealkylation sites (tertiary alicyclic amines) is 1. The summed E-state index contributed by atoms with van der Waals surface area (Å²) in [6.07, 6.45) is 6.18. The largest absolute Gasteiger partial charge is 0.494 e. The first-order chi connectivity index (χ1) is 17.5. The Balaban J connectivity index is 1.33. The molecule has 4 aromatic rings. The number of amides is 1. The quantitative estimate of drug-likeness (QED) is 0.432. The highest BCUT2D eigenvalue weighted by atomic mass is 16.5. The van der Waals surface area contributed by atoms with E-state index in [2.05, 4.69) is 45.4 Å². The van der Waals surface area contributed by atoms with Crippen LogP contribution in [-0.4, -0.2) is 57.2 Å². The fraction of sp³-hybridized carbons (Fsp3) is 0.357. The maximum atomic E-state index is 11.6. The van der Waals surface area contributed by atoms with E-state index in [1.807, 2.05) is 19.2 Å². The molecule has 0 radical (unpaired) electrons. The lowest BCUT2D eigenvalue weighted by molar-refractivity contribution is -0.122. The van der Waals surface area contributed by atoms with Crippen LogP contribution in [0.2, 0.25) is 0 Å². The van der Waals surface area contributed by atoms with E-state index in [1.54, 1.807) is 7.11 Å². The smallest absolute Gasteiger partial charge is 0.234 e. The Morgan fingerprint density at radius 2 is 2.11 bits per heavy atom. The van der Waals surface area contributed by atoms with Gasteiger partial charge in [0.05, 0.1) is 18.7 Å². The second kappa shape index (κ2) is 9.02. The zero-order chi connectivity index (χ0) is 24.8. The summed E-state index contributed by atoms with van der Waals surface area (Å²) in [7, 11) is 1.68. The molecule has 1 aliphatic heterocycles. The Bertz CT molecular complexity index is 1440. The van der Waals surface area contributed by atoms with E-state index < -0.39 is 0 Å². The predicted molar refractivity (Wildman–Crippen MR) is 139 cm³/mol. The number of hydrogen-bond acceptors (Lipinski definition) is 6. The Morgan fingerprint density at radius 3 is 2.89 bits per heavy atom. The number of aryl methyl sites for hydroxylation is 1. The van der Waals surface area contributed by atoms with Crippen LogP contribution in [0.3, 0.4) is 0 Å². The van der Waals surface area contributed by atoms with Crippen LogP contribution in [0, 0.1) is 0 Å². The molecule has 1 saturated heterocycles. The van der Waals surface area contributed by atoms with Crippen molar-refractivity contribution in [2.24, 2.45) is 5.73 Å². The first-order valence-corrected chi connectivity index (χ1v) is 12.6. The summed E-state index contributed by atoms with van der Waals surface area (Å²) >= 11 is 0. The van der Waals surface area contributed by atoms with Gasteiger partial charge >= 0.3 is 0 Å². The molecule has 2 aliphatic rings. The third-order valence-electron chi connectivity index (χ3n) is 7.78. The third-order valence-corrected chi connectivity index (χ3v) is 7.78. The molecule has 6 rings (SSSR count). The van der Waals surface area contributed by atoms with Crippen molar-refractivity contribution in [2.45, 2.75) is 44.6 Å². The molecule has 0 bridgehead atoms. The predicted octanol–water partition coefficient (Wildman–Crippen LogP) is 3.85. The van der Waals surface area contributed by atoms with Crippen molar-refractivity contribution < 1.29 is 9.53 Å². The number of ether oxygens (including phenoxy) is 1. The lowest BCUT2D eigenvalue weighted by Gasteiger charge is -2.21. The van der Waals surface area contributed by atoms with E-state index in [0.717, 1.165) is 77.3 Å². The number of nitrogens with two attached hydrogens (primary N) is 1. The van der Waals surface area contributed by atoms with Crippen LogP contribution in [0.5, 0.6) is 5.75 Å². The number of methoxy groups -OCH3 is 1. The number of nitrogens with one attached hydrogen (secondary N) is 1. The van der Waals surface area contributed by atoms with Gasteiger partial charge in [-0.3, -0.25) is 19.8 Å². The van der Waals surface area contributed by atoms with E-state index in [9.17, 15) is 4.79 Å². The lowest BCUT2D eigenvalue weighted by atomic mass is 9.99.